The highest BCUT2D eigenvalue weighted by Gasteiger charge is 2.25. The standard InChI is InChI=1S/C9H19N3O/c1-7-4-3-5-12(7)8(2)6-9(13)11-10/h7-8H,3-6,10H2,1-2H3,(H,11,13). The van der Waals surface area contributed by atoms with Gasteiger partial charge in [0, 0.05) is 18.5 Å². The summed E-state index contributed by atoms with van der Waals surface area (Å²) in [6.07, 6.45) is 2.99. The Morgan fingerprint density at radius 2 is 2.46 bits per heavy atom. The van der Waals surface area contributed by atoms with Crippen LogP contribution in [0.25, 0.3) is 0 Å². The van der Waals surface area contributed by atoms with Crippen LogP contribution in [0.3, 0.4) is 0 Å². The molecule has 1 fully saturated rings. The summed E-state index contributed by atoms with van der Waals surface area (Å²) in [5, 5.41) is 0. The third-order valence-corrected chi connectivity index (χ3v) is 2.81. The van der Waals surface area contributed by atoms with Gasteiger partial charge in [0.25, 0.3) is 0 Å². The van der Waals surface area contributed by atoms with E-state index in [2.05, 4.69) is 24.2 Å². The van der Waals surface area contributed by atoms with Crippen LogP contribution < -0.4 is 11.3 Å². The highest BCUT2D eigenvalue weighted by atomic mass is 16.2. The van der Waals surface area contributed by atoms with Gasteiger partial charge in [-0.3, -0.25) is 15.1 Å². The van der Waals surface area contributed by atoms with Crippen molar-refractivity contribution in [3.8, 4) is 0 Å². The molecule has 4 nitrogen and oxygen atoms in total. The summed E-state index contributed by atoms with van der Waals surface area (Å²) in [5.74, 6) is 4.96. The average Bonchev–Trinajstić information content (AvgIpc) is 2.51. The molecular weight excluding hydrogens is 166 g/mol. The lowest BCUT2D eigenvalue weighted by atomic mass is 10.1. The Kier molecular flexibility index (Phi) is 3.69. The molecule has 2 unspecified atom stereocenters. The van der Waals surface area contributed by atoms with E-state index >= 15 is 0 Å². The maximum Gasteiger partial charge on any atom is 0.235 e. The molecule has 3 N–H and O–H groups in total. The van der Waals surface area contributed by atoms with Crippen molar-refractivity contribution in [1.29, 1.82) is 0 Å². The second-order valence-electron chi connectivity index (χ2n) is 3.85. The molecule has 13 heavy (non-hydrogen) atoms. The van der Waals surface area contributed by atoms with Gasteiger partial charge in [-0.05, 0) is 33.2 Å². The molecule has 0 radical (unpaired) electrons. The Hall–Kier alpha value is -0.610. The number of carbonyl (C=O) groups is 1. The van der Waals surface area contributed by atoms with Crippen molar-refractivity contribution in [1.82, 2.24) is 10.3 Å². The fourth-order valence-electron chi connectivity index (χ4n) is 2.05. The first-order chi connectivity index (χ1) is 6.15. The van der Waals surface area contributed by atoms with E-state index < -0.39 is 0 Å². The van der Waals surface area contributed by atoms with E-state index in [1.165, 1.54) is 12.8 Å². The minimum absolute atomic E-state index is 0.0772. The van der Waals surface area contributed by atoms with Gasteiger partial charge in [0.2, 0.25) is 5.91 Å². The van der Waals surface area contributed by atoms with Gasteiger partial charge in [-0.15, -0.1) is 0 Å². The Balaban J connectivity index is 2.38. The van der Waals surface area contributed by atoms with Crippen molar-refractivity contribution in [2.24, 2.45) is 5.84 Å². The number of nitrogens with zero attached hydrogens (tertiary/aromatic N) is 1. The van der Waals surface area contributed by atoms with Crippen LogP contribution in [0.15, 0.2) is 0 Å². The Morgan fingerprint density at radius 3 is 2.92 bits per heavy atom. The number of hydrazine groups is 1. The van der Waals surface area contributed by atoms with Crippen molar-refractivity contribution in [2.75, 3.05) is 6.54 Å². The molecule has 1 aliphatic heterocycles. The number of nitrogens with one attached hydrogen (secondary N) is 1. The summed E-state index contributed by atoms with van der Waals surface area (Å²) in [7, 11) is 0. The molecule has 0 aromatic heterocycles. The summed E-state index contributed by atoms with van der Waals surface area (Å²) < 4.78 is 0. The van der Waals surface area contributed by atoms with Crippen LogP contribution in [-0.2, 0) is 4.79 Å². The molecule has 1 amide bonds. The number of hydrogen-bond donors (Lipinski definition) is 2. The molecular formula is C9H19N3O. The van der Waals surface area contributed by atoms with Crippen LogP contribution >= 0.6 is 0 Å². The largest absolute Gasteiger partial charge is 0.297 e. The van der Waals surface area contributed by atoms with Gasteiger partial charge in [-0.2, -0.15) is 0 Å². The van der Waals surface area contributed by atoms with Gasteiger partial charge < -0.3 is 0 Å². The molecule has 4 heteroatoms. The number of amides is 1. The van der Waals surface area contributed by atoms with Gasteiger partial charge in [-0.1, -0.05) is 0 Å². The van der Waals surface area contributed by atoms with E-state index in [-0.39, 0.29) is 5.91 Å². The number of likely N-dealkylation sites (tertiary alicyclic amines) is 1. The zero-order valence-electron chi connectivity index (χ0n) is 8.42. The second-order valence-corrected chi connectivity index (χ2v) is 3.85. The molecule has 0 spiro atoms. The van der Waals surface area contributed by atoms with E-state index in [0.29, 0.717) is 18.5 Å². The SMILES string of the molecule is CC1CCCN1C(C)CC(=O)NN. The van der Waals surface area contributed by atoms with Crippen molar-refractivity contribution in [2.45, 2.75) is 45.2 Å². The second kappa shape index (κ2) is 4.58. The Labute approximate surface area is 79.4 Å². The molecule has 76 valence electrons. The summed E-state index contributed by atoms with van der Waals surface area (Å²) >= 11 is 0. The van der Waals surface area contributed by atoms with E-state index in [4.69, 9.17) is 5.84 Å². The molecule has 0 aromatic rings. The first kappa shape index (κ1) is 10.5. The minimum Gasteiger partial charge on any atom is -0.297 e. The van der Waals surface area contributed by atoms with Crippen molar-refractivity contribution < 1.29 is 4.79 Å². The predicted octanol–water partition coefficient (Wildman–Crippen LogP) is 0.239. The summed E-state index contributed by atoms with van der Waals surface area (Å²) in [4.78, 5) is 13.4. The molecule has 0 bridgehead atoms. The van der Waals surface area contributed by atoms with Gasteiger partial charge in [-0.25, -0.2) is 5.84 Å². The molecule has 1 heterocycles. The molecule has 1 saturated heterocycles. The number of rotatable bonds is 3. The van der Waals surface area contributed by atoms with E-state index in [1.807, 2.05) is 0 Å². The molecule has 2 atom stereocenters. The van der Waals surface area contributed by atoms with Crippen LogP contribution in [0.4, 0.5) is 0 Å². The summed E-state index contributed by atoms with van der Waals surface area (Å²) in [5.41, 5.74) is 2.17. The predicted molar refractivity (Wildman–Crippen MR) is 51.8 cm³/mol. The van der Waals surface area contributed by atoms with Gasteiger partial charge in [0.1, 0.15) is 0 Å². The van der Waals surface area contributed by atoms with E-state index in [1.54, 1.807) is 0 Å². The van der Waals surface area contributed by atoms with Crippen LogP contribution in [0, 0.1) is 0 Å². The molecule has 0 saturated carbocycles. The van der Waals surface area contributed by atoms with Gasteiger partial charge in [0.15, 0.2) is 0 Å². The maximum atomic E-state index is 11.0. The first-order valence-electron chi connectivity index (χ1n) is 4.90. The molecule has 1 aliphatic rings. The molecule has 1 rings (SSSR count). The van der Waals surface area contributed by atoms with E-state index in [9.17, 15) is 4.79 Å². The normalized spacial score (nSPS) is 25.9. The third kappa shape index (κ3) is 2.67. The lowest BCUT2D eigenvalue weighted by molar-refractivity contribution is -0.122. The Morgan fingerprint density at radius 1 is 1.77 bits per heavy atom. The highest BCUT2D eigenvalue weighted by molar-refractivity contribution is 5.75. The van der Waals surface area contributed by atoms with Crippen molar-refractivity contribution in [3.63, 3.8) is 0 Å². The van der Waals surface area contributed by atoms with E-state index in [0.717, 1.165) is 6.54 Å². The van der Waals surface area contributed by atoms with Crippen LogP contribution in [0.5, 0.6) is 0 Å². The fraction of sp³-hybridized carbons (Fsp3) is 0.889. The highest BCUT2D eigenvalue weighted by Crippen LogP contribution is 2.20. The zero-order valence-corrected chi connectivity index (χ0v) is 8.42. The average molecular weight is 185 g/mol. The monoisotopic (exact) mass is 185 g/mol. The fourth-order valence-corrected chi connectivity index (χ4v) is 2.05. The van der Waals surface area contributed by atoms with Crippen molar-refractivity contribution >= 4 is 5.91 Å². The lowest BCUT2D eigenvalue weighted by Gasteiger charge is -2.27. The quantitative estimate of drug-likeness (QED) is 0.376. The van der Waals surface area contributed by atoms with Crippen LogP contribution in [0.2, 0.25) is 0 Å². The Bertz CT molecular complexity index is 184. The zero-order chi connectivity index (χ0) is 9.84. The lowest BCUT2D eigenvalue weighted by Crippen LogP contribution is -2.40. The summed E-state index contributed by atoms with van der Waals surface area (Å²) in [6, 6.07) is 0.918. The molecule has 0 aromatic carbocycles. The maximum absolute atomic E-state index is 11.0. The van der Waals surface area contributed by atoms with Gasteiger partial charge >= 0.3 is 0 Å². The number of carbonyl (C=O) groups excluding carboxylic acids is 1. The van der Waals surface area contributed by atoms with Crippen LogP contribution in [0.1, 0.15) is 33.1 Å². The topological polar surface area (TPSA) is 58.4 Å². The van der Waals surface area contributed by atoms with Gasteiger partial charge in [0.05, 0.1) is 0 Å². The van der Waals surface area contributed by atoms with Crippen molar-refractivity contribution in [3.05, 3.63) is 0 Å². The first-order valence-corrected chi connectivity index (χ1v) is 4.90. The smallest absolute Gasteiger partial charge is 0.235 e. The number of hydrogen-bond acceptors (Lipinski definition) is 3. The minimum atomic E-state index is -0.0772. The summed E-state index contributed by atoms with van der Waals surface area (Å²) in [6.45, 7) is 5.40. The number of nitrogens with two attached hydrogens (primary N) is 1. The third-order valence-electron chi connectivity index (χ3n) is 2.81. The molecule has 0 aliphatic carbocycles. The van der Waals surface area contributed by atoms with Crippen LogP contribution in [-0.4, -0.2) is 29.4 Å².